The summed E-state index contributed by atoms with van der Waals surface area (Å²) in [6, 6.07) is 2.11. The average Bonchev–Trinajstić information content (AvgIpc) is 2.01. The Balaban J connectivity index is 3.34. The van der Waals surface area contributed by atoms with Crippen LogP contribution in [0.3, 0.4) is 0 Å². The zero-order valence-corrected chi connectivity index (χ0v) is 7.45. The van der Waals surface area contributed by atoms with Gasteiger partial charge >= 0.3 is 16.2 Å². The maximum absolute atomic E-state index is 12.3. The number of benzene rings is 1. The molecule has 5 nitrogen and oxygen atoms in total. The topological polar surface area (TPSA) is 91.7 Å². The van der Waals surface area contributed by atoms with E-state index in [1.807, 2.05) is 0 Å². The first-order valence-corrected chi connectivity index (χ1v) is 4.71. The van der Waals surface area contributed by atoms with Crippen molar-refractivity contribution in [3.63, 3.8) is 0 Å². The number of carboxylic acid groups (broad SMARTS) is 1. The minimum absolute atomic E-state index is 0.489. The van der Waals surface area contributed by atoms with Crippen LogP contribution in [-0.2, 0) is 10.2 Å². The fourth-order valence-electron chi connectivity index (χ4n) is 0.844. The summed E-state index contributed by atoms with van der Waals surface area (Å²) in [4.78, 5) is 9.60. The van der Waals surface area contributed by atoms with E-state index in [9.17, 15) is 17.1 Å². The predicted molar refractivity (Wildman–Crippen MR) is 43.4 cm³/mol. The quantitative estimate of drug-likeness (QED) is 0.717. The predicted octanol–water partition coefficient (Wildman–Crippen LogP) is 0.749. The van der Waals surface area contributed by atoms with Crippen LogP contribution in [0.4, 0.5) is 3.89 Å². The van der Waals surface area contributed by atoms with Crippen LogP contribution in [0.25, 0.3) is 0 Å². The SMILES string of the molecule is O=C(O)c1ccc(S(=O)(=O)F)cc1O. The minimum Gasteiger partial charge on any atom is -0.507 e. The number of carbonyl (C=O) groups is 1. The molecule has 1 aromatic carbocycles. The molecule has 0 fully saturated rings. The van der Waals surface area contributed by atoms with Gasteiger partial charge in [0.25, 0.3) is 0 Å². The standard InChI is InChI=1S/C7H5FO5S/c8-14(12,13)4-1-2-5(7(10)11)6(9)3-4/h1-3,9H,(H,10,11). The highest BCUT2D eigenvalue weighted by molar-refractivity contribution is 7.86. The van der Waals surface area contributed by atoms with Gasteiger partial charge in [-0.15, -0.1) is 3.89 Å². The van der Waals surface area contributed by atoms with Gasteiger partial charge in [0.2, 0.25) is 0 Å². The summed E-state index contributed by atoms with van der Waals surface area (Å²) in [5.74, 6) is -2.22. The summed E-state index contributed by atoms with van der Waals surface area (Å²) in [6.45, 7) is 0. The molecule has 76 valence electrons. The third kappa shape index (κ3) is 1.99. The summed E-state index contributed by atoms with van der Waals surface area (Å²) < 4.78 is 33.0. The molecule has 0 radical (unpaired) electrons. The van der Waals surface area contributed by atoms with Crippen molar-refractivity contribution in [3.05, 3.63) is 23.8 Å². The third-order valence-electron chi connectivity index (χ3n) is 1.48. The van der Waals surface area contributed by atoms with E-state index in [1.54, 1.807) is 0 Å². The van der Waals surface area contributed by atoms with Crippen LogP contribution in [0, 0.1) is 0 Å². The second kappa shape index (κ2) is 3.26. The highest BCUT2D eigenvalue weighted by Gasteiger charge is 2.16. The summed E-state index contributed by atoms with van der Waals surface area (Å²) >= 11 is 0. The Morgan fingerprint density at radius 3 is 2.29 bits per heavy atom. The van der Waals surface area contributed by atoms with E-state index >= 15 is 0 Å². The molecule has 0 unspecified atom stereocenters. The molecular weight excluding hydrogens is 215 g/mol. The molecule has 1 rings (SSSR count). The van der Waals surface area contributed by atoms with E-state index in [2.05, 4.69) is 0 Å². The summed E-state index contributed by atoms with van der Waals surface area (Å²) in [5.41, 5.74) is -0.489. The van der Waals surface area contributed by atoms with Gasteiger partial charge in [-0.2, -0.15) is 8.42 Å². The van der Waals surface area contributed by atoms with Crippen molar-refractivity contribution in [2.45, 2.75) is 4.90 Å². The molecule has 0 aliphatic carbocycles. The fourth-order valence-corrected chi connectivity index (χ4v) is 1.33. The number of rotatable bonds is 2. The van der Waals surface area contributed by atoms with Gasteiger partial charge in [0.05, 0.1) is 0 Å². The Labute approximate surface area is 78.6 Å². The molecule has 7 heteroatoms. The van der Waals surface area contributed by atoms with Crippen molar-refractivity contribution >= 4 is 16.2 Å². The van der Waals surface area contributed by atoms with Crippen LogP contribution in [0.1, 0.15) is 10.4 Å². The third-order valence-corrected chi connectivity index (χ3v) is 2.30. The lowest BCUT2D eigenvalue weighted by Gasteiger charge is -2.00. The molecule has 0 aliphatic heterocycles. The smallest absolute Gasteiger partial charge is 0.339 e. The van der Waals surface area contributed by atoms with Crippen molar-refractivity contribution in [1.29, 1.82) is 0 Å². The number of hydrogen-bond donors (Lipinski definition) is 2. The van der Waals surface area contributed by atoms with Crippen LogP contribution in [0.15, 0.2) is 23.1 Å². The molecule has 0 heterocycles. The zero-order valence-electron chi connectivity index (χ0n) is 6.64. The van der Waals surface area contributed by atoms with Gasteiger partial charge in [0.15, 0.2) is 0 Å². The van der Waals surface area contributed by atoms with Crippen LogP contribution >= 0.6 is 0 Å². The highest BCUT2D eigenvalue weighted by atomic mass is 32.3. The molecule has 14 heavy (non-hydrogen) atoms. The van der Waals surface area contributed by atoms with E-state index in [0.717, 1.165) is 12.1 Å². The number of halogens is 1. The molecule has 0 bridgehead atoms. The normalized spacial score (nSPS) is 11.2. The van der Waals surface area contributed by atoms with Gasteiger partial charge in [-0.25, -0.2) is 4.79 Å². The maximum atomic E-state index is 12.3. The summed E-state index contributed by atoms with van der Waals surface area (Å²) in [6.07, 6.45) is 0. The average molecular weight is 220 g/mol. The maximum Gasteiger partial charge on any atom is 0.339 e. The van der Waals surface area contributed by atoms with Crippen LogP contribution < -0.4 is 0 Å². The molecule has 0 spiro atoms. The van der Waals surface area contributed by atoms with Crippen molar-refractivity contribution in [2.24, 2.45) is 0 Å². The monoisotopic (exact) mass is 220 g/mol. The van der Waals surface area contributed by atoms with Crippen molar-refractivity contribution in [2.75, 3.05) is 0 Å². The van der Waals surface area contributed by atoms with Crippen molar-refractivity contribution in [1.82, 2.24) is 0 Å². The Morgan fingerprint density at radius 1 is 1.36 bits per heavy atom. The van der Waals surface area contributed by atoms with Gasteiger partial charge in [0.1, 0.15) is 16.2 Å². The van der Waals surface area contributed by atoms with Crippen LogP contribution in [0.2, 0.25) is 0 Å². The van der Waals surface area contributed by atoms with Gasteiger partial charge in [-0.3, -0.25) is 0 Å². The molecule has 0 saturated heterocycles. The van der Waals surface area contributed by atoms with Crippen LogP contribution in [0.5, 0.6) is 5.75 Å². The second-order valence-corrected chi connectivity index (χ2v) is 3.77. The van der Waals surface area contributed by atoms with E-state index < -0.39 is 32.4 Å². The van der Waals surface area contributed by atoms with E-state index in [-0.39, 0.29) is 0 Å². The number of hydrogen-bond acceptors (Lipinski definition) is 4. The van der Waals surface area contributed by atoms with Gasteiger partial charge in [0, 0.05) is 6.07 Å². The Kier molecular flexibility index (Phi) is 2.43. The molecule has 2 N–H and O–H groups in total. The lowest BCUT2D eigenvalue weighted by atomic mass is 10.2. The first-order chi connectivity index (χ1) is 6.32. The number of aromatic hydroxyl groups is 1. The van der Waals surface area contributed by atoms with Gasteiger partial charge in [-0.1, -0.05) is 0 Å². The largest absolute Gasteiger partial charge is 0.507 e. The van der Waals surface area contributed by atoms with Gasteiger partial charge in [-0.05, 0) is 12.1 Å². The minimum atomic E-state index is -4.92. The van der Waals surface area contributed by atoms with Gasteiger partial charge < -0.3 is 10.2 Å². The Hall–Kier alpha value is -1.63. The summed E-state index contributed by atoms with van der Waals surface area (Å²) in [7, 11) is -4.92. The zero-order chi connectivity index (χ0) is 10.9. The highest BCUT2D eigenvalue weighted by Crippen LogP contribution is 2.22. The van der Waals surface area contributed by atoms with Crippen molar-refractivity contribution in [3.8, 4) is 5.75 Å². The molecule has 0 saturated carbocycles. The number of carboxylic acids is 1. The lowest BCUT2D eigenvalue weighted by Crippen LogP contribution is -1.99. The van der Waals surface area contributed by atoms with E-state index in [4.69, 9.17) is 10.2 Å². The van der Waals surface area contributed by atoms with Crippen LogP contribution in [-0.4, -0.2) is 24.6 Å². The molecule has 0 aliphatic rings. The molecular formula is C7H5FO5S. The number of aromatic carboxylic acids is 1. The first-order valence-electron chi connectivity index (χ1n) is 3.33. The molecule has 1 aromatic rings. The molecule has 0 atom stereocenters. The molecule has 0 amide bonds. The summed E-state index contributed by atoms with van der Waals surface area (Å²) in [5, 5.41) is 17.5. The first kappa shape index (κ1) is 10.5. The number of phenols is 1. The second-order valence-electron chi connectivity index (χ2n) is 2.42. The lowest BCUT2D eigenvalue weighted by molar-refractivity contribution is 0.0693. The fraction of sp³-hybridized carbons (Fsp3) is 0. The van der Waals surface area contributed by atoms with E-state index in [1.165, 1.54) is 0 Å². The Morgan fingerprint density at radius 2 is 1.93 bits per heavy atom. The van der Waals surface area contributed by atoms with Crippen molar-refractivity contribution < 1.29 is 27.3 Å². The molecule has 0 aromatic heterocycles. The Bertz CT molecular complexity index is 479. The van der Waals surface area contributed by atoms with E-state index in [0.29, 0.717) is 6.07 Å².